The average molecular weight is 272 g/mol. The fourth-order valence-electron chi connectivity index (χ4n) is 3.81. The highest BCUT2D eigenvalue weighted by molar-refractivity contribution is 6.10. The van der Waals surface area contributed by atoms with Crippen molar-refractivity contribution in [3.05, 3.63) is 35.9 Å². The first-order valence-corrected chi connectivity index (χ1v) is 7.49. The van der Waals surface area contributed by atoms with Gasteiger partial charge in [0.2, 0.25) is 0 Å². The van der Waals surface area contributed by atoms with Gasteiger partial charge in [-0.15, -0.1) is 0 Å². The van der Waals surface area contributed by atoms with Crippen LogP contribution in [0.25, 0.3) is 0 Å². The normalized spacial score (nSPS) is 32.2. The SMILES string of the molecule is CCCC[C@]12C(=O)CCC[C@@]1(c1ccccc1)OC2=O. The second-order valence-corrected chi connectivity index (χ2v) is 5.87. The molecule has 20 heavy (non-hydrogen) atoms. The zero-order valence-electron chi connectivity index (χ0n) is 11.9. The molecule has 0 bridgehead atoms. The van der Waals surface area contributed by atoms with Gasteiger partial charge in [-0.25, -0.2) is 0 Å². The molecular weight excluding hydrogens is 252 g/mol. The van der Waals surface area contributed by atoms with Gasteiger partial charge in [0, 0.05) is 6.42 Å². The lowest BCUT2D eigenvalue weighted by molar-refractivity contribution is -0.253. The van der Waals surface area contributed by atoms with E-state index in [-0.39, 0.29) is 11.8 Å². The van der Waals surface area contributed by atoms with Crippen molar-refractivity contribution >= 4 is 11.8 Å². The highest BCUT2D eigenvalue weighted by Gasteiger charge is 2.73. The molecule has 0 N–H and O–H groups in total. The van der Waals surface area contributed by atoms with Crippen LogP contribution in [-0.4, -0.2) is 11.8 Å². The largest absolute Gasteiger partial charge is 0.452 e. The molecule has 1 aliphatic heterocycles. The molecule has 0 aromatic heterocycles. The van der Waals surface area contributed by atoms with E-state index in [1.807, 2.05) is 30.3 Å². The van der Waals surface area contributed by atoms with Crippen molar-refractivity contribution in [3.63, 3.8) is 0 Å². The minimum atomic E-state index is -0.914. The molecule has 1 saturated heterocycles. The number of carbonyl (C=O) groups is 2. The van der Waals surface area contributed by atoms with Crippen LogP contribution in [0.4, 0.5) is 0 Å². The Morgan fingerprint density at radius 1 is 1.20 bits per heavy atom. The molecule has 106 valence electrons. The number of fused-ring (bicyclic) bond motifs is 1. The third kappa shape index (κ3) is 1.52. The lowest BCUT2D eigenvalue weighted by Crippen LogP contribution is -2.69. The van der Waals surface area contributed by atoms with Crippen molar-refractivity contribution < 1.29 is 14.3 Å². The summed E-state index contributed by atoms with van der Waals surface area (Å²) in [6, 6.07) is 9.79. The maximum absolute atomic E-state index is 12.6. The van der Waals surface area contributed by atoms with Gasteiger partial charge in [0.15, 0.2) is 16.8 Å². The van der Waals surface area contributed by atoms with Gasteiger partial charge >= 0.3 is 5.97 Å². The number of ketones is 1. The third-order valence-corrected chi connectivity index (χ3v) is 4.86. The van der Waals surface area contributed by atoms with E-state index >= 15 is 0 Å². The topological polar surface area (TPSA) is 43.4 Å². The zero-order valence-corrected chi connectivity index (χ0v) is 11.9. The summed E-state index contributed by atoms with van der Waals surface area (Å²) >= 11 is 0. The molecule has 0 radical (unpaired) electrons. The molecule has 2 fully saturated rings. The molecule has 0 amide bonds. The monoisotopic (exact) mass is 272 g/mol. The summed E-state index contributed by atoms with van der Waals surface area (Å²) in [5.41, 5.74) is -0.637. The molecule has 1 aromatic carbocycles. The van der Waals surface area contributed by atoms with E-state index in [9.17, 15) is 9.59 Å². The van der Waals surface area contributed by atoms with Crippen LogP contribution in [0.5, 0.6) is 0 Å². The van der Waals surface area contributed by atoms with Crippen molar-refractivity contribution in [3.8, 4) is 0 Å². The first-order valence-electron chi connectivity index (χ1n) is 7.49. The Kier molecular flexibility index (Phi) is 3.15. The van der Waals surface area contributed by atoms with Crippen molar-refractivity contribution in [1.82, 2.24) is 0 Å². The Morgan fingerprint density at radius 3 is 2.60 bits per heavy atom. The maximum atomic E-state index is 12.6. The van der Waals surface area contributed by atoms with Gasteiger partial charge in [0.05, 0.1) is 0 Å². The van der Waals surface area contributed by atoms with E-state index in [1.54, 1.807) is 0 Å². The fourth-order valence-corrected chi connectivity index (χ4v) is 3.81. The standard InChI is InChI=1S/C17H20O3/c1-2-3-11-16-14(18)10-7-12-17(16,20-15(16)19)13-8-5-4-6-9-13/h4-6,8-9H,2-3,7,10-12H2,1H3/t16-,17+/m1/s1. The average Bonchev–Trinajstić information content (AvgIpc) is 2.46. The van der Waals surface area contributed by atoms with E-state index in [1.165, 1.54) is 0 Å². The number of Topliss-reactive ketones (excluding diaryl/α,β-unsaturated/α-hetero) is 1. The number of benzene rings is 1. The minimum absolute atomic E-state index is 0.0808. The predicted molar refractivity (Wildman–Crippen MR) is 75.0 cm³/mol. The Hall–Kier alpha value is -1.64. The highest BCUT2D eigenvalue weighted by atomic mass is 16.6. The van der Waals surface area contributed by atoms with Crippen LogP contribution in [0.2, 0.25) is 0 Å². The molecule has 1 aliphatic carbocycles. The Balaban J connectivity index is 2.08. The summed E-state index contributed by atoms with van der Waals surface area (Å²) in [4.78, 5) is 24.8. The molecule has 3 heteroatoms. The Morgan fingerprint density at radius 2 is 1.95 bits per heavy atom. The van der Waals surface area contributed by atoms with Crippen molar-refractivity contribution in [1.29, 1.82) is 0 Å². The van der Waals surface area contributed by atoms with E-state index in [2.05, 4.69) is 6.92 Å². The third-order valence-electron chi connectivity index (χ3n) is 4.86. The Bertz CT molecular complexity index is 536. The molecule has 2 aliphatic rings. The molecule has 3 nitrogen and oxygen atoms in total. The van der Waals surface area contributed by atoms with Crippen LogP contribution in [0, 0.1) is 5.41 Å². The summed E-state index contributed by atoms with van der Waals surface area (Å²) in [5.74, 6) is -0.225. The second kappa shape index (κ2) is 4.72. The van der Waals surface area contributed by atoms with Crippen LogP contribution < -0.4 is 0 Å². The summed E-state index contributed by atoms with van der Waals surface area (Å²) < 4.78 is 5.63. The number of carbonyl (C=O) groups excluding carboxylic acids is 2. The van der Waals surface area contributed by atoms with Crippen LogP contribution in [0.1, 0.15) is 51.0 Å². The predicted octanol–water partition coefficient (Wildman–Crippen LogP) is 3.37. The van der Waals surface area contributed by atoms with Crippen LogP contribution in [0.15, 0.2) is 30.3 Å². The second-order valence-electron chi connectivity index (χ2n) is 5.87. The number of hydrogen-bond donors (Lipinski definition) is 0. The summed E-state index contributed by atoms with van der Waals surface area (Å²) in [6.45, 7) is 2.08. The number of ether oxygens (including phenoxy) is 1. The van der Waals surface area contributed by atoms with Gasteiger partial charge in [0.1, 0.15) is 0 Å². The van der Waals surface area contributed by atoms with E-state index in [0.29, 0.717) is 12.8 Å². The van der Waals surface area contributed by atoms with Crippen LogP contribution >= 0.6 is 0 Å². The van der Waals surface area contributed by atoms with E-state index < -0.39 is 11.0 Å². The van der Waals surface area contributed by atoms with Gasteiger partial charge in [-0.3, -0.25) is 9.59 Å². The number of esters is 1. The van der Waals surface area contributed by atoms with Gasteiger partial charge in [-0.05, 0) is 24.8 Å². The number of unbranched alkanes of at least 4 members (excludes halogenated alkanes) is 1. The molecule has 1 heterocycles. The number of rotatable bonds is 4. The molecule has 1 aromatic rings. The molecule has 2 atom stereocenters. The van der Waals surface area contributed by atoms with Gasteiger partial charge in [-0.1, -0.05) is 50.1 Å². The minimum Gasteiger partial charge on any atom is -0.452 e. The smallest absolute Gasteiger partial charge is 0.325 e. The molecular formula is C17H20O3. The van der Waals surface area contributed by atoms with E-state index in [0.717, 1.165) is 31.2 Å². The Labute approximate surface area is 119 Å². The van der Waals surface area contributed by atoms with Crippen molar-refractivity contribution in [2.75, 3.05) is 0 Å². The lowest BCUT2D eigenvalue weighted by Gasteiger charge is -2.58. The highest BCUT2D eigenvalue weighted by Crippen LogP contribution is 2.61. The number of hydrogen-bond acceptors (Lipinski definition) is 3. The summed E-state index contributed by atoms with van der Waals surface area (Å²) in [5, 5.41) is 0. The summed E-state index contributed by atoms with van der Waals surface area (Å²) in [6.07, 6.45) is 4.55. The lowest BCUT2D eigenvalue weighted by atomic mass is 9.54. The van der Waals surface area contributed by atoms with Gasteiger partial charge in [-0.2, -0.15) is 0 Å². The quantitative estimate of drug-likeness (QED) is 0.623. The van der Waals surface area contributed by atoms with Crippen molar-refractivity contribution in [2.24, 2.45) is 5.41 Å². The molecule has 0 spiro atoms. The molecule has 1 saturated carbocycles. The first-order chi connectivity index (χ1) is 9.67. The van der Waals surface area contributed by atoms with Gasteiger partial charge < -0.3 is 4.74 Å². The van der Waals surface area contributed by atoms with Crippen molar-refractivity contribution in [2.45, 2.75) is 51.0 Å². The zero-order chi connectivity index (χ0) is 14.2. The fraction of sp³-hybridized carbons (Fsp3) is 0.529. The molecule has 0 unspecified atom stereocenters. The van der Waals surface area contributed by atoms with E-state index in [4.69, 9.17) is 4.74 Å². The summed E-state index contributed by atoms with van der Waals surface area (Å²) in [7, 11) is 0. The van der Waals surface area contributed by atoms with Crippen LogP contribution in [-0.2, 0) is 19.9 Å². The van der Waals surface area contributed by atoms with Crippen LogP contribution in [0.3, 0.4) is 0 Å². The maximum Gasteiger partial charge on any atom is 0.325 e. The van der Waals surface area contributed by atoms with Gasteiger partial charge in [0.25, 0.3) is 0 Å². The first kappa shape index (κ1) is 13.3. The molecule has 3 rings (SSSR count).